The summed E-state index contributed by atoms with van der Waals surface area (Å²) in [5.74, 6) is -0.639. The quantitative estimate of drug-likeness (QED) is 0.850. The van der Waals surface area contributed by atoms with Gasteiger partial charge in [0.25, 0.3) is 0 Å². The van der Waals surface area contributed by atoms with E-state index in [4.69, 9.17) is 5.73 Å². The van der Waals surface area contributed by atoms with E-state index in [1.54, 1.807) is 13.0 Å². The van der Waals surface area contributed by atoms with Gasteiger partial charge in [-0.15, -0.1) is 25.6 Å². The molecule has 0 heterocycles. The molecule has 1 rings (SSSR count). The Balaban J connectivity index is 0.00000484. The van der Waals surface area contributed by atoms with Crippen LogP contribution in [0.15, 0.2) is 24.3 Å². The van der Waals surface area contributed by atoms with Crippen molar-refractivity contribution in [2.75, 3.05) is 7.05 Å². The van der Waals surface area contributed by atoms with Crippen molar-refractivity contribution >= 4 is 18.3 Å². The van der Waals surface area contributed by atoms with Gasteiger partial charge in [0.05, 0.1) is 5.54 Å². The number of amides is 1. The third-order valence-corrected chi connectivity index (χ3v) is 3.21. The first-order valence-corrected chi connectivity index (χ1v) is 6.95. The first-order valence-electron chi connectivity index (χ1n) is 6.95. The van der Waals surface area contributed by atoms with Crippen LogP contribution in [0, 0.1) is 0 Å². The Morgan fingerprint density at radius 1 is 1.30 bits per heavy atom. The second-order valence-corrected chi connectivity index (χ2v) is 5.48. The molecule has 0 aliphatic rings. The highest BCUT2D eigenvalue weighted by Gasteiger charge is 2.33. The summed E-state index contributed by atoms with van der Waals surface area (Å²) in [6.45, 7) is 3.51. The van der Waals surface area contributed by atoms with Crippen LogP contribution in [-0.4, -0.2) is 29.8 Å². The molecular weight excluding hydrogens is 333 g/mol. The van der Waals surface area contributed by atoms with Crippen molar-refractivity contribution in [2.45, 2.75) is 45.1 Å². The molecule has 0 spiro atoms. The Kier molecular flexibility index (Phi) is 7.86. The van der Waals surface area contributed by atoms with E-state index in [2.05, 4.69) is 4.74 Å². The Morgan fingerprint density at radius 3 is 2.39 bits per heavy atom. The Morgan fingerprint density at radius 2 is 1.87 bits per heavy atom. The molecule has 0 aliphatic carbocycles. The molecule has 4 nitrogen and oxygen atoms in total. The Labute approximate surface area is 140 Å². The number of alkyl halides is 3. The fraction of sp³-hybridized carbons (Fsp3) is 0.533. The topological polar surface area (TPSA) is 55.6 Å². The zero-order valence-electron chi connectivity index (χ0n) is 13.3. The molecule has 0 saturated heterocycles. The maximum atomic E-state index is 12.4. The highest BCUT2D eigenvalue weighted by molar-refractivity contribution is 5.85. The molecule has 23 heavy (non-hydrogen) atoms. The summed E-state index contributed by atoms with van der Waals surface area (Å²) in [6.07, 6.45) is -3.54. The number of carbonyl (C=O) groups is 1. The van der Waals surface area contributed by atoms with E-state index in [1.165, 1.54) is 30.1 Å². The third-order valence-electron chi connectivity index (χ3n) is 3.21. The monoisotopic (exact) mass is 354 g/mol. The van der Waals surface area contributed by atoms with Gasteiger partial charge >= 0.3 is 6.36 Å². The minimum atomic E-state index is -4.77. The van der Waals surface area contributed by atoms with Crippen LogP contribution in [0.2, 0.25) is 0 Å². The van der Waals surface area contributed by atoms with Gasteiger partial charge < -0.3 is 15.4 Å². The molecular formula is C15H22ClF3N2O2. The average Bonchev–Trinajstić information content (AvgIpc) is 2.38. The molecule has 0 aromatic heterocycles. The molecule has 1 aromatic carbocycles. The normalized spacial score (nSPS) is 13.7. The van der Waals surface area contributed by atoms with E-state index in [-0.39, 0.29) is 36.2 Å². The third kappa shape index (κ3) is 6.66. The van der Waals surface area contributed by atoms with Crippen LogP contribution in [0.3, 0.4) is 0 Å². The molecule has 2 N–H and O–H groups in total. The smallest absolute Gasteiger partial charge is 0.405 e. The van der Waals surface area contributed by atoms with Gasteiger partial charge in [0, 0.05) is 19.2 Å². The maximum absolute atomic E-state index is 12.4. The van der Waals surface area contributed by atoms with E-state index >= 15 is 0 Å². The largest absolute Gasteiger partial charge is 0.573 e. The number of hydrogen-bond acceptors (Lipinski definition) is 3. The summed E-state index contributed by atoms with van der Waals surface area (Å²) in [6, 6.07) is 5.73. The van der Waals surface area contributed by atoms with Crippen LogP contribution in [0.4, 0.5) is 13.2 Å². The number of hydrogen-bond donors (Lipinski definition) is 1. The lowest BCUT2D eigenvalue weighted by Crippen LogP contribution is -2.51. The number of para-hydroxylation sites is 1. The second-order valence-electron chi connectivity index (χ2n) is 5.48. The number of nitrogens with two attached hydrogens (primary N) is 1. The predicted octanol–water partition coefficient (Wildman–Crippen LogP) is 3.48. The molecule has 8 heteroatoms. The lowest BCUT2D eigenvalue weighted by atomic mass is 9.95. The molecule has 0 bridgehead atoms. The van der Waals surface area contributed by atoms with Crippen molar-refractivity contribution in [3.63, 3.8) is 0 Å². The summed E-state index contributed by atoms with van der Waals surface area (Å²) in [4.78, 5) is 13.6. The average molecular weight is 355 g/mol. The standard InChI is InChI=1S/C15H21F3N2O2.ClH/c1-4-9-14(2,19)13(21)20(3)10-11-7-5-6-8-12(11)22-15(16,17)18;/h5-8H,4,9-10,19H2,1-3H3;1H. The lowest BCUT2D eigenvalue weighted by molar-refractivity contribution is -0.275. The van der Waals surface area contributed by atoms with Crippen molar-refractivity contribution < 1.29 is 22.7 Å². The van der Waals surface area contributed by atoms with E-state index in [0.717, 1.165) is 6.42 Å². The molecule has 0 aliphatic heterocycles. The van der Waals surface area contributed by atoms with E-state index in [1.807, 2.05) is 6.92 Å². The number of likely N-dealkylation sites (N-methyl/N-ethyl adjacent to an activating group) is 1. The second kappa shape index (κ2) is 8.40. The van der Waals surface area contributed by atoms with Crippen LogP contribution in [0.1, 0.15) is 32.3 Å². The Hall–Kier alpha value is -1.47. The zero-order chi connectivity index (χ0) is 17.0. The number of ether oxygens (including phenoxy) is 1. The molecule has 1 amide bonds. The van der Waals surface area contributed by atoms with Gasteiger partial charge in [-0.25, -0.2) is 0 Å². The highest BCUT2D eigenvalue weighted by atomic mass is 35.5. The first kappa shape index (κ1) is 21.5. The van der Waals surface area contributed by atoms with E-state index < -0.39 is 11.9 Å². The predicted molar refractivity (Wildman–Crippen MR) is 84.3 cm³/mol. The molecule has 0 saturated carbocycles. The fourth-order valence-corrected chi connectivity index (χ4v) is 2.25. The van der Waals surface area contributed by atoms with Crippen molar-refractivity contribution in [2.24, 2.45) is 5.73 Å². The summed E-state index contributed by atoms with van der Waals surface area (Å²) in [5.41, 5.74) is 5.19. The Bertz CT molecular complexity index is 522. The number of carbonyl (C=O) groups excluding carboxylic acids is 1. The first-order chi connectivity index (χ1) is 10.1. The van der Waals surface area contributed by atoms with Crippen LogP contribution in [-0.2, 0) is 11.3 Å². The summed E-state index contributed by atoms with van der Waals surface area (Å²) in [5, 5.41) is 0. The van der Waals surface area contributed by atoms with Crippen LogP contribution in [0.5, 0.6) is 5.75 Å². The lowest BCUT2D eigenvalue weighted by Gasteiger charge is -2.29. The van der Waals surface area contributed by atoms with Crippen molar-refractivity contribution in [1.29, 1.82) is 0 Å². The molecule has 132 valence electrons. The van der Waals surface area contributed by atoms with Gasteiger partial charge in [-0.2, -0.15) is 0 Å². The number of halogens is 4. The van der Waals surface area contributed by atoms with Gasteiger partial charge in [0.1, 0.15) is 5.75 Å². The van der Waals surface area contributed by atoms with Crippen LogP contribution < -0.4 is 10.5 Å². The fourth-order valence-electron chi connectivity index (χ4n) is 2.25. The number of benzene rings is 1. The molecule has 1 atom stereocenters. The molecule has 0 fully saturated rings. The highest BCUT2D eigenvalue weighted by Crippen LogP contribution is 2.27. The molecule has 1 unspecified atom stereocenters. The maximum Gasteiger partial charge on any atom is 0.573 e. The SMILES string of the molecule is CCCC(C)(N)C(=O)N(C)Cc1ccccc1OC(F)(F)F.Cl. The van der Waals surface area contributed by atoms with Gasteiger partial charge in [-0.05, 0) is 19.4 Å². The van der Waals surface area contributed by atoms with Crippen molar-refractivity contribution in [3.05, 3.63) is 29.8 Å². The van der Waals surface area contributed by atoms with E-state index in [9.17, 15) is 18.0 Å². The molecule has 0 radical (unpaired) electrons. The minimum absolute atomic E-state index is 0. The van der Waals surface area contributed by atoms with E-state index in [0.29, 0.717) is 6.42 Å². The number of nitrogens with zero attached hydrogens (tertiary/aromatic N) is 1. The molecule has 1 aromatic rings. The van der Waals surface area contributed by atoms with Gasteiger partial charge in [-0.3, -0.25) is 4.79 Å². The van der Waals surface area contributed by atoms with Crippen LogP contribution in [0.25, 0.3) is 0 Å². The summed E-state index contributed by atoms with van der Waals surface area (Å²) < 4.78 is 41.1. The zero-order valence-corrected chi connectivity index (χ0v) is 14.1. The van der Waals surface area contributed by atoms with Crippen molar-refractivity contribution in [3.8, 4) is 5.75 Å². The minimum Gasteiger partial charge on any atom is -0.405 e. The van der Waals surface area contributed by atoms with Crippen LogP contribution >= 0.6 is 12.4 Å². The van der Waals surface area contributed by atoms with Crippen molar-refractivity contribution in [1.82, 2.24) is 4.90 Å². The summed E-state index contributed by atoms with van der Waals surface area (Å²) >= 11 is 0. The van der Waals surface area contributed by atoms with Gasteiger partial charge in [0.15, 0.2) is 0 Å². The number of rotatable bonds is 6. The summed E-state index contributed by atoms with van der Waals surface area (Å²) in [7, 11) is 1.51. The van der Waals surface area contributed by atoms with Gasteiger partial charge in [-0.1, -0.05) is 31.5 Å². The van der Waals surface area contributed by atoms with Gasteiger partial charge in [0.2, 0.25) is 5.91 Å².